The van der Waals surface area contributed by atoms with Crippen molar-refractivity contribution in [2.24, 2.45) is 0 Å². The van der Waals surface area contributed by atoms with Gasteiger partial charge in [-0.2, -0.15) is 0 Å². The second-order valence-electron chi connectivity index (χ2n) is 7.24. The van der Waals surface area contributed by atoms with E-state index in [9.17, 15) is 0 Å². The zero-order chi connectivity index (χ0) is 25.2. The van der Waals surface area contributed by atoms with Crippen LogP contribution in [0, 0.1) is 0 Å². The molecule has 0 unspecified atom stereocenters. The Bertz CT molecular complexity index is 1230. The molecule has 0 saturated carbocycles. The predicted molar refractivity (Wildman–Crippen MR) is 133 cm³/mol. The van der Waals surface area contributed by atoms with Crippen molar-refractivity contribution < 1.29 is 28.1 Å². The maximum Gasteiger partial charge on any atom is 0.320 e. The third-order valence-corrected chi connectivity index (χ3v) is 4.85. The van der Waals surface area contributed by atoms with E-state index in [1.165, 1.54) is 0 Å². The third-order valence-electron chi connectivity index (χ3n) is 4.85. The molecule has 3 aromatic rings. The summed E-state index contributed by atoms with van der Waals surface area (Å²) in [5.41, 5.74) is 2.14. The van der Waals surface area contributed by atoms with E-state index >= 15 is 0 Å². The Hall–Kier alpha value is -4.31. The molecule has 2 aromatic heterocycles. The highest BCUT2D eigenvalue weighted by Crippen LogP contribution is 2.34. The molecule has 1 saturated heterocycles. The SMILES string of the molecule is C=C/C=C(\C=C1/COCO1)COc1ncccc1-c1nnc(Nc2ccc3c(c2)OCCO3)o1.CC. The van der Waals surface area contributed by atoms with Gasteiger partial charge in [-0.25, -0.2) is 4.98 Å². The van der Waals surface area contributed by atoms with Crippen LogP contribution in [-0.2, 0) is 9.47 Å². The number of rotatable bonds is 8. The fourth-order valence-electron chi connectivity index (χ4n) is 3.33. The molecule has 36 heavy (non-hydrogen) atoms. The maximum atomic E-state index is 5.96. The lowest BCUT2D eigenvalue weighted by atomic mass is 10.2. The topological polar surface area (TPSA) is 110 Å². The molecule has 1 N–H and O–H groups in total. The van der Waals surface area contributed by atoms with Crippen molar-refractivity contribution in [1.29, 1.82) is 0 Å². The molecule has 10 heteroatoms. The van der Waals surface area contributed by atoms with Crippen LogP contribution in [0.15, 0.2) is 77.1 Å². The van der Waals surface area contributed by atoms with Crippen LogP contribution in [-0.4, -0.2) is 48.4 Å². The number of fused-ring (bicyclic) bond motifs is 1. The highest BCUT2D eigenvalue weighted by atomic mass is 16.7. The summed E-state index contributed by atoms with van der Waals surface area (Å²) in [4.78, 5) is 4.33. The Morgan fingerprint density at radius 3 is 2.78 bits per heavy atom. The molecule has 1 aromatic carbocycles. The molecule has 4 heterocycles. The molecule has 10 nitrogen and oxygen atoms in total. The Balaban J connectivity index is 0.00000148. The summed E-state index contributed by atoms with van der Waals surface area (Å²) in [6.07, 6.45) is 7.00. The van der Waals surface area contributed by atoms with Crippen LogP contribution in [0.1, 0.15) is 13.8 Å². The number of allylic oxidation sites excluding steroid dienone is 2. The van der Waals surface area contributed by atoms with Gasteiger partial charge in [0.25, 0.3) is 5.89 Å². The molecule has 0 amide bonds. The summed E-state index contributed by atoms with van der Waals surface area (Å²) in [5, 5.41) is 11.3. The Labute approximate surface area is 209 Å². The van der Waals surface area contributed by atoms with Gasteiger partial charge in [-0.05, 0) is 35.9 Å². The molecular formula is C26H28N4O6. The lowest BCUT2D eigenvalue weighted by Crippen LogP contribution is -2.15. The molecule has 0 bridgehead atoms. The first-order valence-electron chi connectivity index (χ1n) is 11.6. The van der Waals surface area contributed by atoms with Gasteiger partial charge in [-0.1, -0.05) is 37.7 Å². The Morgan fingerprint density at radius 2 is 1.97 bits per heavy atom. The van der Waals surface area contributed by atoms with E-state index < -0.39 is 0 Å². The fraction of sp³-hybridized carbons (Fsp3) is 0.269. The van der Waals surface area contributed by atoms with E-state index in [0.29, 0.717) is 42.8 Å². The minimum atomic E-state index is 0.219. The van der Waals surface area contributed by atoms with Crippen molar-refractivity contribution in [1.82, 2.24) is 15.2 Å². The normalized spacial score (nSPS) is 15.5. The molecule has 0 aliphatic carbocycles. The van der Waals surface area contributed by atoms with E-state index in [0.717, 1.165) is 17.0 Å². The summed E-state index contributed by atoms with van der Waals surface area (Å²) < 4.78 is 33.5. The number of nitrogens with zero attached hydrogens (tertiary/aromatic N) is 3. The average Bonchev–Trinajstić information content (AvgIpc) is 3.61. The van der Waals surface area contributed by atoms with Crippen LogP contribution in [0.3, 0.4) is 0 Å². The number of hydrogen-bond acceptors (Lipinski definition) is 10. The standard InChI is InChI=1S/C24H22N4O6.C2H6/c1-2-4-16(11-18-14-29-15-33-18)13-32-22-19(5-3-8-25-22)23-27-28-24(34-23)26-17-6-7-20-21(12-17)31-10-9-30-20;1-2/h2-8,11-12H,1,9-10,13-15H2,(H,26,28);1-2H3/b16-4+,18-11+;. The molecule has 188 valence electrons. The molecule has 0 spiro atoms. The average molecular weight is 493 g/mol. The Morgan fingerprint density at radius 1 is 1.11 bits per heavy atom. The van der Waals surface area contributed by atoms with Crippen LogP contribution in [0.25, 0.3) is 11.5 Å². The van der Waals surface area contributed by atoms with E-state index in [2.05, 4.69) is 27.1 Å². The molecule has 2 aliphatic heterocycles. The number of aromatic nitrogens is 3. The molecule has 0 atom stereocenters. The molecular weight excluding hydrogens is 464 g/mol. The van der Waals surface area contributed by atoms with Gasteiger partial charge < -0.3 is 33.4 Å². The van der Waals surface area contributed by atoms with Crippen LogP contribution in [0.2, 0.25) is 0 Å². The molecule has 0 radical (unpaired) electrons. The summed E-state index contributed by atoms with van der Waals surface area (Å²) >= 11 is 0. The first kappa shape index (κ1) is 24.8. The van der Waals surface area contributed by atoms with Crippen LogP contribution in [0.4, 0.5) is 11.7 Å². The highest BCUT2D eigenvalue weighted by molar-refractivity contribution is 5.62. The van der Waals surface area contributed by atoms with Gasteiger partial charge in [0, 0.05) is 18.0 Å². The van der Waals surface area contributed by atoms with Crippen molar-refractivity contribution in [3.8, 4) is 28.8 Å². The Kier molecular flexibility index (Phi) is 8.55. The zero-order valence-electron chi connectivity index (χ0n) is 20.2. The van der Waals surface area contributed by atoms with Crippen molar-refractivity contribution in [2.45, 2.75) is 13.8 Å². The second kappa shape index (κ2) is 12.4. The van der Waals surface area contributed by atoms with E-state index in [4.69, 9.17) is 28.1 Å². The van der Waals surface area contributed by atoms with Crippen LogP contribution in [0.5, 0.6) is 17.4 Å². The molecule has 5 rings (SSSR count). The van der Waals surface area contributed by atoms with E-state index in [-0.39, 0.29) is 25.3 Å². The van der Waals surface area contributed by atoms with Crippen LogP contribution >= 0.6 is 0 Å². The van der Waals surface area contributed by atoms with Gasteiger partial charge in [-0.15, -0.1) is 5.10 Å². The van der Waals surface area contributed by atoms with Crippen molar-refractivity contribution in [3.63, 3.8) is 0 Å². The van der Waals surface area contributed by atoms with Crippen molar-refractivity contribution in [3.05, 3.63) is 72.7 Å². The summed E-state index contributed by atoms with van der Waals surface area (Å²) in [7, 11) is 0. The summed E-state index contributed by atoms with van der Waals surface area (Å²) in [6, 6.07) is 9.28. The van der Waals surface area contributed by atoms with E-state index in [1.54, 1.807) is 24.4 Å². The van der Waals surface area contributed by atoms with Crippen molar-refractivity contribution in [2.75, 3.05) is 38.5 Å². The van der Waals surface area contributed by atoms with Crippen LogP contribution < -0.4 is 19.5 Å². The van der Waals surface area contributed by atoms with Gasteiger partial charge in [0.05, 0.1) is 0 Å². The minimum absolute atomic E-state index is 0.219. The quantitative estimate of drug-likeness (QED) is 0.429. The van der Waals surface area contributed by atoms with Crippen molar-refractivity contribution >= 4 is 11.7 Å². The lowest BCUT2D eigenvalue weighted by molar-refractivity contribution is 0.0800. The largest absolute Gasteiger partial charge is 0.486 e. The maximum absolute atomic E-state index is 5.96. The molecule has 1 fully saturated rings. The van der Waals surface area contributed by atoms with Gasteiger partial charge >= 0.3 is 6.01 Å². The monoisotopic (exact) mass is 492 g/mol. The van der Waals surface area contributed by atoms with Gasteiger partial charge in [0.15, 0.2) is 18.3 Å². The number of pyridine rings is 1. The zero-order valence-corrected chi connectivity index (χ0v) is 20.2. The van der Waals surface area contributed by atoms with Gasteiger partial charge in [-0.3, -0.25) is 0 Å². The minimum Gasteiger partial charge on any atom is -0.486 e. The van der Waals surface area contributed by atoms with Gasteiger partial charge in [0.2, 0.25) is 5.88 Å². The second-order valence-corrected chi connectivity index (χ2v) is 7.24. The number of nitrogens with one attached hydrogen (secondary N) is 1. The predicted octanol–water partition coefficient (Wildman–Crippen LogP) is 5.05. The first-order valence-corrected chi connectivity index (χ1v) is 11.6. The fourth-order valence-corrected chi connectivity index (χ4v) is 3.33. The smallest absolute Gasteiger partial charge is 0.320 e. The lowest BCUT2D eigenvalue weighted by Gasteiger charge is -2.18. The number of benzene rings is 1. The highest BCUT2D eigenvalue weighted by Gasteiger charge is 2.17. The summed E-state index contributed by atoms with van der Waals surface area (Å²) in [6.45, 7) is 9.70. The third kappa shape index (κ3) is 6.22. The number of ether oxygens (including phenoxy) is 5. The summed E-state index contributed by atoms with van der Waals surface area (Å²) in [5.74, 6) is 2.71. The molecule has 2 aliphatic rings. The number of hydrogen-bond donors (Lipinski definition) is 1. The van der Waals surface area contributed by atoms with E-state index in [1.807, 2.05) is 44.2 Å². The first-order chi connectivity index (χ1) is 17.8. The van der Waals surface area contributed by atoms with Gasteiger partial charge in [0.1, 0.15) is 37.8 Å². The number of anilines is 2.